The van der Waals surface area contributed by atoms with E-state index < -0.39 is 5.97 Å². The average molecular weight is 330 g/mol. The lowest BCUT2D eigenvalue weighted by Crippen LogP contribution is -1.99. The number of hydrogen-bond acceptors (Lipinski definition) is 3. The molecule has 0 spiro atoms. The molecule has 0 radical (unpaired) electrons. The van der Waals surface area contributed by atoms with Gasteiger partial charge in [0.2, 0.25) is 0 Å². The number of halogens is 1. The zero-order chi connectivity index (χ0) is 15.5. The van der Waals surface area contributed by atoms with Gasteiger partial charge < -0.3 is 5.11 Å². The molecule has 0 aliphatic carbocycles. The van der Waals surface area contributed by atoms with Crippen LogP contribution in [-0.2, 0) is 11.2 Å². The first kappa shape index (κ1) is 14.8. The first-order valence-corrected chi connectivity index (χ1v) is 7.86. The summed E-state index contributed by atoms with van der Waals surface area (Å²) in [6, 6.07) is 17.1. The van der Waals surface area contributed by atoms with Gasteiger partial charge in [0.25, 0.3) is 0 Å². The van der Waals surface area contributed by atoms with Gasteiger partial charge in [0, 0.05) is 21.0 Å². The van der Waals surface area contributed by atoms with Crippen molar-refractivity contribution < 1.29 is 9.90 Å². The van der Waals surface area contributed by atoms with Gasteiger partial charge in [-0.05, 0) is 6.07 Å². The minimum atomic E-state index is -0.878. The van der Waals surface area contributed by atoms with E-state index in [9.17, 15) is 4.79 Å². The molecule has 0 saturated carbocycles. The maximum atomic E-state index is 11.1. The van der Waals surface area contributed by atoms with Crippen molar-refractivity contribution >= 4 is 28.9 Å². The number of rotatable bonds is 4. The van der Waals surface area contributed by atoms with Crippen molar-refractivity contribution in [2.45, 2.75) is 6.42 Å². The van der Waals surface area contributed by atoms with Crippen LogP contribution in [0.2, 0.25) is 5.02 Å². The number of aliphatic carboxylic acids is 1. The smallest absolute Gasteiger partial charge is 0.308 e. The molecule has 0 aliphatic heterocycles. The average Bonchev–Trinajstić information content (AvgIpc) is 2.91. The molecule has 1 heterocycles. The maximum absolute atomic E-state index is 11.1. The van der Waals surface area contributed by atoms with Crippen molar-refractivity contribution in [3.63, 3.8) is 0 Å². The normalized spacial score (nSPS) is 10.6. The molecule has 3 nitrogen and oxygen atoms in total. The predicted molar refractivity (Wildman–Crippen MR) is 89.3 cm³/mol. The Bertz CT molecular complexity index is 815. The Kier molecular flexibility index (Phi) is 4.22. The molecule has 0 amide bonds. The maximum Gasteiger partial charge on any atom is 0.308 e. The van der Waals surface area contributed by atoms with Gasteiger partial charge in [-0.15, -0.1) is 11.3 Å². The summed E-state index contributed by atoms with van der Waals surface area (Å²) in [5.41, 5.74) is 2.38. The van der Waals surface area contributed by atoms with Gasteiger partial charge >= 0.3 is 5.97 Å². The molecule has 0 aliphatic rings. The van der Waals surface area contributed by atoms with Crippen LogP contribution in [0.1, 0.15) is 4.88 Å². The summed E-state index contributed by atoms with van der Waals surface area (Å²) in [5, 5.41) is 10.5. The monoisotopic (exact) mass is 329 g/mol. The van der Waals surface area contributed by atoms with Crippen molar-refractivity contribution in [2.24, 2.45) is 0 Å². The molecule has 0 fully saturated rings. The van der Waals surface area contributed by atoms with Crippen LogP contribution in [-0.4, -0.2) is 16.1 Å². The van der Waals surface area contributed by atoms with Crippen LogP contribution in [0.15, 0.2) is 54.6 Å². The minimum Gasteiger partial charge on any atom is -0.481 e. The SMILES string of the molecule is O=C(O)Cc1sc(-c2ccccc2)nc1-c1ccccc1Cl. The molecule has 5 heteroatoms. The third kappa shape index (κ3) is 3.03. The fraction of sp³-hybridized carbons (Fsp3) is 0.0588. The molecule has 22 heavy (non-hydrogen) atoms. The third-order valence-corrected chi connectivity index (χ3v) is 4.59. The summed E-state index contributed by atoms with van der Waals surface area (Å²) in [6.45, 7) is 0. The molecule has 0 bridgehead atoms. The molecule has 0 saturated heterocycles. The quantitative estimate of drug-likeness (QED) is 0.751. The van der Waals surface area contributed by atoms with Gasteiger partial charge in [-0.1, -0.05) is 60.1 Å². The van der Waals surface area contributed by atoms with Crippen LogP contribution in [0.5, 0.6) is 0 Å². The third-order valence-electron chi connectivity index (χ3n) is 3.16. The second-order valence-corrected chi connectivity index (χ2v) is 6.20. The van der Waals surface area contributed by atoms with E-state index in [4.69, 9.17) is 16.7 Å². The zero-order valence-electron chi connectivity index (χ0n) is 11.5. The van der Waals surface area contributed by atoms with Gasteiger partial charge in [0.05, 0.1) is 12.1 Å². The highest BCUT2D eigenvalue weighted by molar-refractivity contribution is 7.15. The van der Waals surface area contributed by atoms with Gasteiger partial charge in [0.15, 0.2) is 0 Å². The second-order valence-electron chi connectivity index (χ2n) is 4.71. The number of carbonyl (C=O) groups is 1. The van der Waals surface area contributed by atoms with E-state index in [1.807, 2.05) is 48.5 Å². The van der Waals surface area contributed by atoms with E-state index in [0.29, 0.717) is 15.6 Å². The number of thiazole rings is 1. The van der Waals surface area contributed by atoms with Crippen LogP contribution >= 0.6 is 22.9 Å². The van der Waals surface area contributed by atoms with Crippen LogP contribution < -0.4 is 0 Å². The number of carboxylic acids is 1. The van der Waals surface area contributed by atoms with Crippen molar-refractivity contribution in [3.05, 3.63) is 64.5 Å². The summed E-state index contributed by atoms with van der Waals surface area (Å²) in [7, 11) is 0. The summed E-state index contributed by atoms with van der Waals surface area (Å²) < 4.78 is 0. The molecular weight excluding hydrogens is 318 g/mol. The Morgan fingerprint density at radius 2 is 1.77 bits per heavy atom. The Hall–Kier alpha value is -2.17. The van der Waals surface area contributed by atoms with E-state index in [1.165, 1.54) is 11.3 Å². The van der Waals surface area contributed by atoms with E-state index in [1.54, 1.807) is 6.07 Å². The van der Waals surface area contributed by atoms with Crippen molar-refractivity contribution in [1.29, 1.82) is 0 Å². The van der Waals surface area contributed by atoms with E-state index in [0.717, 1.165) is 16.1 Å². The number of aromatic nitrogens is 1. The van der Waals surface area contributed by atoms with Gasteiger partial charge in [0.1, 0.15) is 5.01 Å². The van der Waals surface area contributed by atoms with Gasteiger partial charge in [-0.3, -0.25) is 4.79 Å². The van der Waals surface area contributed by atoms with Crippen LogP contribution in [0, 0.1) is 0 Å². The van der Waals surface area contributed by atoms with Crippen molar-refractivity contribution in [3.8, 4) is 21.8 Å². The number of carboxylic acid groups (broad SMARTS) is 1. The Morgan fingerprint density at radius 3 is 2.45 bits per heavy atom. The lowest BCUT2D eigenvalue weighted by atomic mass is 10.1. The molecular formula is C17H12ClNO2S. The largest absolute Gasteiger partial charge is 0.481 e. The molecule has 1 aromatic heterocycles. The Labute approximate surface area is 136 Å². The number of hydrogen-bond donors (Lipinski definition) is 1. The summed E-state index contributed by atoms with van der Waals surface area (Å²) in [5.74, 6) is -0.878. The standard InChI is InChI=1S/C17H12ClNO2S/c18-13-9-5-4-8-12(13)16-14(10-15(20)21)22-17(19-16)11-6-2-1-3-7-11/h1-9H,10H2,(H,20,21). The molecule has 3 rings (SSSR count). The first-order chi connectivity index (χ1) is 10.6. The van der Waals surface area contributed by atoms with Crippen LogP contribution in [0.3, 0.4) is 0 Å². The summed E-state index contributed by atoms with van der Waals surface area (Å²) in [4.78, 5) is 16.5. The highest BCUT2D eigenvalue weighted by atomic mass is 35.5. The molecule has 1 N–H and O–H groups in total. The molecule has 0 atom stereocenters. The van der Waals surface area contributed by atoms with Crippen LogP contribution in [0.25, 0.3) is 21.8 Å². The fourth-order valence-electron chi connectivity index (χ4n) is 2.18. The van der Waals surface area contributed by atoms with Gasteiger partial charge in [-0.2, -0.15) is 0 Å². The number of benzene rings is 2. The van der Waals surface area contributed by atoms with E-state index >= 15 is 0 Å². The Balaban J connectivity index is 2.14. The molecule has 2 aromatic carbocycles. The lowest BCUT2D eigenvalue weighted by molar-refractivity contribution is -0.136. The molecule has 3 aromatic rings. The summed E-state index contributed by atoms with van der Waals surface area (Å²) in [6.07, 6.45) is -0.0644. The van der Waals surface area contributed by atoms with Gasteiger partial charge in [-0.25, -0.2) is 4.98 Å². The van der Waals surface area contributed by atoms with Crippen molar-refractivity contribution in [2.75, 3.05) is 0 Å². The highest BCUT2D eigenvalue weighted by Gasteiger charge is 2.18. The topological polar surface area (TPSA) is 50.2 Å². The predicted octanol–water partition coefficient (Wildman–Crippen LogP) is 4.76. The Morgan fingerprint density at radius 1 is 1.09 bits per heavy atom. The second kappa shape index (κ2) is 6.30. The van der Waals surface area contributed by atoms with E-state index in [-0.39, 0.29) is 6.42 Å². The first-order valence-electron chi connectivity index (χ1n) is 6.67. The fourth-order valence-corrected chi connectivity index (χ4v) is 3.47. The van der Waals surface area contributed by atoms with E-state index in [2.05, 4.69) is 4.98 Å². The van der Waals surface area contributed by atoms with Crippen molar-refractivity contribution in [1.82, 2.24) is 4.98 Å². The number of nitrogens with zero attached hydrogens (tertiary/aromatic N) is 1. The summed E-state index contributed by atoms with van der Waals surface area (Å²) >= 11 is 7.63. The molecule has 110 valence electrons. The highest BCUT2D eigenvalue weighted by Crippen LogP contribution is 2.36. The minimum absolute atomic E-state index is 0.0644. The molecule has 0 unspecified atom stereocenters. The van der Waals surface area contributed by atoms with Crippen LogP contribution in [0.4, 0.5) is 0 Å². The lowest BCUT2D eigenvalue weighted by Gasteiger charge is -2.02. The zero-order valence-corrected chi connectivity index (χ0v) is 13.1.